The third-order valence-corrected chi connectivity index (χ3v) is 3.79. The van der Waals surface area contributed by atoms with Crippen molar-refractivity contribution in [3.05, 3.63) is 45.7 Å². The van der Waals surface area contributed by atoms with Crippen molar-refractivity contribution < 1.29 is 19.7 Å². The van der Waals surface area contributed by atoms with Gasteiger partial charge in [-0.3, -0.25) is 4.79 Å². The smallest absolute Gasteiger partial charge is 0.343 e. The number of benzene rings is 1. The number of aliphatic hydroxyl groups is 2. The Morgan fingerprint density at radius 3 is 2.78 bits per heavy atom. The van der Waals surface area contributed by atoms with E-state index in [1.165, 1.54) is 12.3 Å². The topological polar surface area (TPSA) is 99.6 Å². The van der Waals surface area contributed by atoms with E-state index in [2.05, 4.69) is 17.6 Å². The Morgan fingerprint density at radius 1 is 1.39 bits per heavy atom. The fourth-order valence-electron chi connectivity index (χ4n) is 2.29. The van der Waals surface area contributed by atoms with Crippen molar-refractivity contribution in [2.75, 3.05) is 12.4 Å². The molecule has 0 spiro atoms. The molecule has 0 aliphatic carbocycles. The van der Waals surface area contributed by atoms with Crippen molar-refractivity contribution in [3.8, 4) is 0 Å². The molecule has 2 rings (SSSR count). The number of pyridine rings is 1. The average Bonchev–Trinajstić information content (AvgIpc) is 2.54. The van der Waals surface area contributed by atoms with Crippen molar-refractivity contribution in [1.82, 2.24) is 4.98 Å². The molecule has 0 bridgehead atoms. The van der Waals surface area contributed by atoms with Crippen LogP contribution in [0.4, 0.5) is 0 Å². The number of carbonyl (C=O) groups excluding carboxylic acids is 1. The van der Waals surface area contributed by atoms with Crippen LogP contribution in [-0.2, 0) is 4.74 Å². The highest BCUT2D eigenvalue weighted by Gasteiger charge is 2.19. The lowest BCUT2D eigenvalue weighted by atomic mass is 10.00. The highest BCUT2D eigenvalue weighted by Crippen LogP contribution is 2.22. The Kier molecular flexibility index (Phi) is 5.81. The van der Waals surface area contributed by atoms with Crippen LogP contribution in [0.3, 0.4) is 0 Å². The summed E-state index contributed by atoms with van der Waals surface area (Å²) in [5.41, 5.74) is 0.359. The number of thiol groups is 1. The van der Waals surface area contributed by atoms with E-state index in [0.717, 1.165) is 0 Å². The normalized spacial score (nSPS) is 13.7. The van der Waals surface area contributed by atoms with Crippen LogP contribution in [0.2, 0.25) is 0 Å². The molecule has 0 saturated carbocycles. The van der Waals surface area contributed by atoms with Crippen molar-refractivity contribution in [2.24, 2.45) is 0 Å². The van der Waals surface area contributed by atoms with Crippen LogP contribution in [0.5, 0.6) is 0 Å². The van der Waals surface area contributed by atoms with Crippen LogP contribution in [0.25, 0.3) is 10.9 Å². The second kappa shape index (κ2) is 7.63. The van der Waals surface area contributed by atoms with Gasteiger partial charge in [0, 0.05) is 17.1 Å². The minimum atomic E-state index is -1.13. The van der Waals surface area contributed by atoms with Gasteiger partial charge in [0.25, 0.3) is 0 Å². The van der Waals surface area contributed by atoms with Crippen LogP contribution in [0.1, 0.15) is 35.4 Å². The third kappa shape index (κ3) is 3.74. The zero-order valence-electron chi connectivity index (χ0n) is 12.7. The number of H-pyrrole nitrogens is 1. The number of nitrogens with one attached hydrogen (secondary N) is 1. The Balaban J connectivity index is 2.47. The Bertz CT molecular complexity index is 758. The van der Waals surface area contributed by atoms with Gasteiger partial charge in [-0.1, -0.05) is 6.07 Å². The Morgan fingerprint density at radius 2 is 2.13 bits per heavy atom. The number of ether oxygens (including phenoxy) is 1. The van der Waals surface area contributed by atoms with Gasteiger partial charge < -0.3 is 19.9 Å². The summed E-state index contributed by atoms with van der Waals surface area (Å²) in [7, 11) is 0. The summed E-state index contributed by atoms with van der Waals surface area (Å²) >= 11 is 4.02. The number of carbonyl (C=O) groups is 1. The highest BCUT2D eigenvalue weighted by atomic mass is 32.1. The first-order chi connectivity index (χ1) is 11.0. The quantitative estimate of drug-likeness (QED) is 0.472. The van der Waals surface area contributed by atoms with Gasteiger partial charge in [-0.25, -0.2) is 4.79 Å². The molecule has 3 N–H and O–H groups in total. The second-order valence-corrected chi connectivity index (χ2v) is 5.53. The van der Waals surface area contributed by atoms with E-state index < -0.39 is 23.6 Å². The van der Waals surface area contributed by atoms with Gasteiger partial charge in [0.2, 0.25) is 5.43 Å². The Labute approximate surface area is 138 Å². The SMILES string of the molecule is CCOC(=O)c1c[nH]c2ccc(C(O)C(O)CCS)cc2c1=O. The summed E-state index contributed by atoms with van der Waals surface area (Å²) in [4.78, 5) is 27.1. The minimum absolute atomic E-state index is 0.0955. The molecule has 6 nitrogen and oxygen atoms in total. The van der Waals surface area contributed by atoms with Crippen LogP contribution in [0, 0.1) is 0 Å². The number of hydrogen-bond donors (Lipinski definition) is 4. The monoisotopic (exact) mass is 337 g/mol. The van der Waals surface area contributed by atoms with Crippen molar-refractivity contribution in [3.63, 3.8) is 0 Å². The first-order valence-corrected chi connectivity index (χ1v) is 7.92. The van der Waals surface area contributed by atoms with Crippen molar-refractivity contribution >= 4 is 29.5 Å². The molecule has 0 fully saturated rings. The summed E-state index contributed by atoms with van der Waals surface area (Å²) in [5.74, 6) is -0.268. The van der Waals surface area contributed by atoms with Crippen molar-refractivity contribution in [2.45, 2.75) is 25.6 Å². The predicted molar refractivity (Wildman–Crippen MR) is 90.0 cm³/mol. The number of aromatic nitrogens is 1. The van der Waals surface area contributed by atoms with E-state index in [0.29, 0.717) is 23.3 Å². The molecule has 2 atom stereocenters. The lowest BCUT2D eigenvalue weighted by Crippen LogP contribution is -2.20. The maximum absolute atomic E-state index is 12.4. The molecule has 23 heavy (non-hydrogen) atoms. The zero-order valence-corrected chi connectivity index (χ0v) is 13.5. The number of aliphatic hydroxyl groups excluding tert-OH is 2. The predicted octanol–water partition coefficient (Wildman–Crippen LogP) is 1.42. The molecule has 0 saturated heterocycles. The number of fused-ring (bicyclic) bond motifs is 1. The van der Waals surface area contributed by atoms with E-state index in [9.17, 15) is 19.8 Å². The summed E-state index contributed by atoms with van der Waals surface area (Å²) < 4.78 is 4.85. The molecule has 124 valence electrons. The van der Waals surface area contributed by atoms with E-state index in [-0.39, 0.29) is 17.6 Å². The van der Waals surface area contributed by atoms with Gasteiger partial charge in [0.15, 0.2) is 0 Å². The summed E-state index contributed by atoms with van der Waals surface area (Å²) in [5, 5.41) is 20.3. The molecule has 0 aliphatic rings. The molecular formula is C16H19NO5S. The standard InChI is InChI=1S/C16H19NO5S/c1-2-22-16(21)11-8-17-12-4-3-9(7-10(12)15(11)20)14(19)13(18)5-6-23/h3-4,7-8,13-14,18-19,23H,2,5-6H2,1H3,(H,17,20). The van der Waals surface area contributed by atoms with E-state index in [4.69, 9.17) is 4.74 Å². The molecule has 2 unspecified atom stereocenters. The maximum Gasteiger partial charge on any atom is 0.343 e. The first kappa shape index (κ1) is 17.5. The molecule has 0 aliphatic heterocycles. The van der Waals surface area contributed by atoms with Crippen LogP contribution >= 0.6 is 12.6 Å². The number of rotatable bonds is 6. The second-order valence-electron chi connectivity index (χ2n) is 5.08. The van der Waals surface area contributed by atoms with E-state index in [1.54, 1.807) is 19.1 Å². The van der Waals surface area contributed by atoms with Gasteiger partial charge in [-0.2, -0.15) is 12.6 Å². The maximum atomic E-state index is 12.4. The average molecular weight is 337 g/mol. The summed E-state index contributed by atoms with van der Waals surface area (Å²) in [6.45, 7) is 1.83. The third-order valence-electron chi connectivity index (χ3n) is 3.53. The molecule has 0 amide bonds. The number of aromatic amines is 1. The van der Waals surface area contributed by atoms with Crippen LogP contribution < -0.4 is 5.43 Å². The van der Waals surface area contributed by atoms with E-state index >= 15 is 0 Å². The van der Waals surface area contributed by atoms with Gasteiger partial charge in [0.05, 0.1) is 12.7 Å². The first-order valence-electron chi connectivity index (χ1n) is 7.29. The van der Waals surface area contributed by atoms with Gasteiger partial charge >= 0.3 is 5.97 Å². The lowest BCUT2D eigenvalue weighted by Gasteiger charge is -2.17. The fourth-order valence-corrected chi connectivity index (χ4v) is 2.56. The molecular weight excluding hydrogens is 318 g/mol. The molecule has 1 heterocycles. The summed E-state index contributed by atoms with van der Waals surface area (Å²) in [6, 6.07) is 4.72. The lowest BCUT2D eigenvalue weighted by molar-refractivity contribution is 0.0173. The molecule has 1 aromatic heterocycles. The van der Waals surface area contributed by atoms with Gasteiger partial charge in [-0.15, -0.1) is 0 Å². The van der Waals surface area contributed by atoms with Crippen LogP contribution in [0.15, 0.2) is 29.2 Å². The largest absolute Gasteiger partial charge is 0.462 e. The highest BCUT2D eigenvalue weighted by molar-refractivity contribution is 7.80. The molecule has 7 heteroatoms. The fraction of sp³-hybridized carbons (Fsp3) is 0.375. The molecule has 1 aromatic carbocycles. The Hall–Kier alpha value is -1.83. The number of esters is 1. The minimum Gasteiger partial charge on any atom is -0.462 e. The van der Waals surface area contributed by atoms with Gasteiger partial charge in [-0.05, 0) is 36.8 Å². The zero-order chi connectivity index (χ0) is 17.0. The summed E-state index contributed by atoms with van der Waals surface area (Å²) in [6.07, 6.45) is -0.467. The molecule has 2 aromatic rings. The van der Waals surface area contributed by atoms with Crippen molar-refractivity contribution in [1.29, 1.82) is 0 Å². The molecule has 0 radical (unpaired) electrons. The van der Waals surface area contributed by atoms with E-state index in [1.807, 2.05) is 0 Å². The number of hydrogen-bond acceptors (Lipinski definition) is 6. The van der Waals surface area contributed by atoms with Gasteiger partial charge in [0.1, 0.15) is 11.7 Å². The van der Waals surface area contributed by atoms with Crippen LogP contribution in [-0.4, -0.2) is 39.6 Å².